The van der Waals surface area contributed by atoms with Gasteiger partial charge in [-0.15, -0.1) is 0 Å². The highest BCUT2D eigenvalue weighted by molar-refractivity contribution is 5.94. The molecule has 0 aromatic carbocycles. The van der Waals surface area contributed by atoms with Crippen molar-refractivity contribution in [3.8, 4) is 0 Å². The first kappa shape index (κ1) is 23.8. The molecule has 3 heterocycles. The maximum atomic E-state index is 12.6. The second-order valence-electron chi connectivity index (χ2n) is 8.50. The van der Waals surface area contributed by atoms with Crippen LogP contribution in [0.1, 0.15) is 49.1 Å². The van der Waals surface area contributed by atoms with Crippen LogP contribution in [0.5, 0.6) is 0 Å². The van der Waals surface area contributed by atoms with E-state index in [-0.39, 0.29) is 30.0 Å². The molecule has 4 N–H and O–H groups in total. The summed E-state index contributed by atoms with van der Waals surface area (Å²) in [4.78, 5) is 50.5. The molecular weight excluding hydrogens is 416 g/mol. The zero-order valence-corrected chi connectivity index (χ0v) is 18.2. The van der Waals surface area contributed by atoms with Crippen molar-refractivity contribution in [3.63, 3.8) is 0 Å². The van der Waals surface area contributed by atoms with Crippen LogP contribution >= 0.6 is 0 Å². The Labute approximate surface area is 187 Å². The molecule has 2 fully saturated rings. The Morgan fingerprint density at radius 2 is 2.00 bits per heavy atom. The van der Waals surface area contributed by atoms with Gasteiger partial charge in [-0.2, -0.15) is 0 Å². The van der Waals surface area contributed by atoms with Crippen LogP contribution in [-0.2, 0) is 14.4 Å². The maximum absolute atomic E-state index is 12.6. The smallest absolute Gasteiger partial charge is 0.328 e. The van der Waals surface area contributed by atoms with Crippen molar-refractivity contribution < 1.29 is 28.7 Å². The molecule has 32 heavy (non-hydrogen) atoms. The molecule has 3 rings (SSSR count). The van der Waals surface area contributed by atoms with Crippen molar-refractivity contribution in [2.45, 2.75) is 44.6 Å². The Bertz CT molecular complexity index is 790. The minimum Gasteiger partial charge on any atom is -0.480 e. The topological polar surface area (TPSA) is 141 Å². The van der Waals surface area contributed by atoms with Crippen LogP contribution in [0.15, 0.2) is 22.8 Å². The SMILES string of the molecule is O=C(N[C@@H](CNC(=O)[C@@H]1CCCN(C(=O)CCC2CCNCC2)C1)C(=O)O)c1ccco1. The van der Waals surface area contributed by atoms with Crippen molar-refractivity contribution in [1.29, 1.82) is 0 Å². The molecule has 0 aliphatic carbocycles. The lowest BCUT2D eigenvalue weighted by Gasteiger charge is -2.33. The standard InChI is InChI=1S/C22H32N4O6/c27-19(6-5-15-7-9-23-10-8-15)26-11-1-3-16(14-26)20(28)24-13-17(22(30)31)25-21(29)18-4-2-12-32-18/h2,4,12,15-17,23H,1,3,5-11,13-14H2,(H,24,28)(H,25,29)(H,30,31)/t16-,17+/m1/s1. The van der Waals surface area contributed by atoms with E-state index in [4.69, 9.17) is 4.42 Å². The summed E-state index contributed by atoms with van der Waals surface area (Å²) in [6, 6.07) is 1.66. The molecule has 0 unspecified atom stereocenters. The fraction of sp³-hybridized carbons (Fsp3) is 0.636. The first-order chi connectivity index (χ1) is 15.4. The average Bonchev–Trinajstić information content (AvgIpc) is 3.35. The van der Waals surface area contributed by atoms with Crippen LogP contribution in [0, 0.1) is 11.8 Å². The quantitative estimate of drug-likeness (QED) is 0.433. The lowest BCUT2D eigenvalue weighted by Crippen LogP contribution is -2.51. The van der Waals surface area contributed by atoms with Crippen LogP contribution in [0.2, 0.25) is 0 Å². The molecule has 3 amide bonds. The minimum atomic E-state index is -1.29. The lowest BCUT2D eigenvalue weighted by atomic mass is 9.92. The summed E-state index contributed by atoms with van der Waals surface area (Å²) in [6.07, 6.45) is 6.26. The Balaban J connectivity index is 1.44. The van der Waals surface area contributed by atoms with Crippen LogP contribution in [0.3, 0.4) is 0 Å². The van der Waals surface area contributed by atoms with Crippen LogP contribution in [-0.4, -0.2) is 72.5 Å². The number of furan rings is 1. The zero-order chi connectivity index (χ0) is 22.9. The van der Waals surface area contributed by atoms with Gasteiger partial charge < -0.3 is 30.4 Å². The molecule has 0 spiro atoms. The largest absolute Gasteiger partial charge is 0.480 e. The summed E-state index contributed by atoms with van der Waals surface area (Å²) in [6.45, 7) is 2.74. The molecular formula is C22H32N4O6. The van der Waals surface area contributed by atoms with Crippen LogP contribution < -0.4 is 16.0 Å². The molecule has 10 heteroatoms. The number of hydrogen-bond donors (Lipinski definition) is 4. The molecule has 0 bridgehead atoms. The van der Waals surface area contributed by atoms with Gasteiger partial charge in [0, 0.05) is 26.1 Å². The maximum Gasteiger partial charge on any atom is 0.328 e. The number of nitrogens with zero attached hydrogens (tertiary/aromatic N) is 1. The highest BCUT2D eigenvalue weighted by Gasteiger charge is 2.30. The van der Waals surface area contributed by atoms with Gasteiger partial charge >= 0.3 is 5.97 Å². The molecule has 2 saturated heterocycles. The van der Waals surface area contributed by atoms with E-state index in [1.165, 1.54) is 18.4 Å². The second kappa shape index (κ2) is 11.7. The number of aliphatic carboxylic acids is 1. The van der Waals surface area contributed by atoms with Crippen molar-refractivity contribution in [3.05, 3.63) is 24.2 Å². The van der Waals surface area contributed by atoms with E-state index in [0.29, 0.717) is 31.8 Å². The molecule has 1 aromatic heterocycles. The Hall–Kier alpha value is -2.88. The van der Waals surface area contributed by atoms with E-state index in [2.05, 4.69) is 16.0 Å². The third kappa shape index (κ3) is 6.81. The number of nitrogens with one attached hydrogen (secondary N) is 3. The molecule has 2 aliphatic rings. The fourth-order valence-corrected chi connectivity index (χ4v) is 4.26. The number of carbonyl (C=O) groups excluding carboxylic acids is 3. The highest BCUT2D eigenvalue weighted by Crippen LogP contribution is 2.21. The van der Waals surface area contributed by atoms with E-state index >= 15 is 0 Å². The number of carboxylic acid groups (broad SMARTS) is 1. The third-order valence-corrected chi connectivity index (χ3v) is 6.20. The zero-order valence-electron chi connectivity index (χ0n) is 18.2. The van der Waals surface area contributed by atoms with Gasteiger partial charge in [-0.3, -0.25) is 14.4 Å². The number of rotatable bonds is 9. The number of carbonyl (C=O) groups is 4. The number of piperidine rings is 2. The molecule has 0 saturated carbocycles. The van der Waals surface area contributed by atoms with E-state index in [9.17, 15) is 24.3 Å². The first-order valence-corrected chi connectivity index (χ1v) is 11.3. The van der Waals surface area contributed by atoms with Gasteiger partial charge in [-0.1, -0.05) is 0 Å². The number of likely N-dealkylation sites (tertiary alicyclic amines) is 1. The Kier molecular flexibility index (Phi) is 8.66. The van der Waals surface area contributed by atoms with Crippen molar-refractivity contribution in [2.75, 3.05) is 32.7 Å². The third-order valence-electron chi connectivity index (χ3n) is 6.20. The predicted octanol–water partition coefficient (Wildman–Crippen LogP) is 0.597. The summed E-state index contributed by atoms with van der Waals surface area (Å²) in [5.41, 5.74) is 0. The Morgan fingerprint density at radius 1 is 1.22 bits per heavy atom. The van der Waals surface area contributed by atoms with E-state index < -0.39 is 17.9 Å². The highest BCUT2D eigenvalue weighted by atomic mass is 16.4. The summed E-state index contributed by atoms with van der Waals surface area (Å²) in [5, 5.41) is 17.6. The van der Waals surface area contributed by atoms with Gasteiger partial charge in [0.2, 0.25) is 11.8 Å². The first-order valence-electron chi connectivity index (χ1n) is 11.3. The summed E-state index contributed by atoms with van der Waals surface area (Å²) in [7, 11) is 0. The van der Waals surface area contributed by atoms with Gasteiger partial charge in [-0.25, -0.2) is 4.79 Å². The minimum absolute atomic E-state index is 0.00602. The van der Waals surface area contributed by atoms with Gasteiger partial charge in [0.1, 0.15) is 6.04 Å². The number of carboxylic acids is 1. The van der Waals surface area contributed by atoms with Crippen molar-refractivity contribution >= 4 is 23.7 Å². The van der Waals surface area contributed by atoms with E-state index in [0.717, 1.165) is 38.8 Å². The molecule has 176 valence electrons. The lowest BCUT2D eigenvalue weighted by molar-refractivity contribution is -0.139. The molecule has 0 radical (unpaired) electrons. The summed E-state index contributed by atoms with van der Waals surface area (Å²) >= 11 is 0. The number of hydrogen-bond acceptors (Lipinski definition) is 6. The number of amides is 3. The van der Waals surface area contributed by atoms with Gasteiger partial charge in [-0.05, 0) is 63.2 Å². The van der Waals surface area contributed by atoms with Crippen molar-refractivity contribution in [1.82, 2.24) is 20.9 Å². The fourth-order valence-electron chi connectivity index (χ4n) is 4.26. The normalized spacial score (nSPS) is 20.4. The van der Waals surface area contributed by atoms with Gasteiger partial charge in [0.15, 0.2) is 5.76 Å². The molecule has 2 atom stereocenters. The monoisotopic (exact) mass is 448 g/mol. The van der Waals surface area contributed by atoms with Crippen molar-refractivity contribution in [2.24, 2.45) is 11.8 Å². The Morgan fingerprint density at radius 3 is 2.69 bits per heavy atom. The van der Waals surface area contributed by atoms with E-state index in [1.54, 1.807) is 4.90 Å². The molecule has 1 aromatic rings. The second-order valence-corrected chi connectivity index (χ2v) is 8.50. The van der Waals surface area contributed by atoms with Gasteiger partial charge in [0.25, 0.3) is 5.91 Å². The summed E-state index contributed by atoms with van der Waals surface area (Å²) in [5.74, 6) is -1.97. The van der Waals surface area contributed by atoms with Gasteiger partial charge in [0.05, 0.1) is 12.2 Å². The molecule has 10 nitrogen and oxygen atoms in total. The van der Waals surface area contributed by atoms with Crippen LogP contribution in [0.25, 0.3) is 0 Å². The average molecular weight is 449 g/mol. The van der Waals surface area contributed by atoms with E-state index in [1.807, 2.05) is 0 Å². The summed E-state index contributed by atoms with van der Waals surface area (Å²) < 4.78 is 4.96. The van der Waals surface area contributed by atoms with Crippen LogP contribution in [0.4, 0.5) is 0 Å². The predicted molar refractivity (Wildman–Crippen MR) is 115 cm³/mol. The molecule has 2 aliphatic heterocycles.